The van der Waals surface area contributed by atoms with Crippen LogP contribution in [0.15, 0.2) is 0 Å². The van der Waals surface area contributed by atoms with E-state index in [1.807, 2.05) is 9.80 Å². The largest absolute Gasteiger partial charge is 0.366 e. The van der Waals surface area contributed by atoms with Crippen molar-refractivity contribution in [2.75, 3.05) is 39.4 Å². The fourth-order valence-corrected chi connectivity index (χ4v) is 2.61. The number of carbonyl (C=O) groups excluding carboxylic acids is 2. The molecule has 0 aliphatic carbocycles. The van der Waals surface area contributed by atoms with E-state index in [9.17, 15) is 9.59 Å². The summed E-state index contributed by atoms with van der Waals surface area (Å²) in [6.45, 7) is 3.76. The minimum atomic E-state index is -0.679. The maximum atomic E-state index is 11.3. The van der Waals surface area contributed by atoms with E-state index in [4.69, 9.17) is 20.9 Å². The summed E-state index contributed by atoms with van der Waals surface area (Å²) in [6.07, 6.45) is 0.363. The van der Waals surface area contributed by atoms with E-state index in [-0.39, 0.29) is 0 Å². The molecule has 0 bridgehead atoms. The highest BCUT2D eigenvalue weighted by molar-refractivity contribution is 5.79. The maximum absolute atomic E-state index is 11.3. The van der Waals surface area contributed by atoms with Gasteiger partial charge >= 0.3 is 0 Å². The van der Waals surface area contributed by atoms with Crippen LogP contribution in [0.5, 0.6) is 0 Å². The lowest BCUT2D eigenvalue weighted by Gasteiger charge is -2.37. The second-order valence-electron chi connectivity index (χ2n) is 5.03. The molecule has 20 heavy (non-hydrogen) atoms. The van der Waals surface area contributed by atoms with Crippen LogP contribution in [0.1, 0.15) is 12.8 Å². The summed E-state index contributed by atoms with van der Waals surface area (Å²) in [5.74, 6) is -0.961. The molecule has 2 aliphatic heterocycles. The third-order valence-corrected chi connectivity index (χ3v) is 3.56. The normalized spacial score (nSPS) is 29.2. The summed E-state index contributed by atoms with van der Waals surface area (Å²) in [4.78, 5) is 26.4. The van der Waals surface area contributed by atoms with E-state index < -0.39 is 24.3 Å². The van der Waals surface area contributed by atoms with Crippen molar-refractivity contribution in [1.29, 1.82) is 0 Å². The third kappa shape index (κ3) is 3.66. The van der Waals surface area contributed by atoms with E-state index in [1.54, 1.807) is 0 Å². The first kappa shape index (κ1) is 15.2. The molecule has 2 unspecified atom stereocenters. The summed E-state index contributed by atoms with van der Waals surface area (Å²) in [6, 6.07) is 0. The van der Waals surface area contributed by atoms with E-state index in [0.717, 1.165) is 25.9 Å². The second-order valence-corrected chi connectivity index (χ2v) is 5.03. The second kappa shape index (κ2) is 6.98. The summed E-state index contributed by atoms with van der Waals surface area (Å²) >= 11 is 0. The van der Waals surface area contributed by atoms with Gasteiger partial charge in [0.15, 0.2) is 12.5 Å². The molecule has 4 N–H and O–H groups in total. The van der Waals surface area contributed by atoms with Crippen LogP contribution in [0.2, 0.25) is 0 Å². The van der Waals surface area contributed by atoms with Crippen LogP contribution in [0.25, 0.3) is 0 Å². The Bertz CT molecular complexity index is 331. The summed E-state index contributed by atoms with van der Waals surface area (Å²) in [5, 5.41) is 0. The molecule has 8 nitrogen and oxygen atoms in total. The number of nitrogens with two attached hydrogens (primary N) is 2. The van der Waals surface area contributed by atoms with Crippen LogP contribution >= 0.6 is 0 Å². The van der Waals surface area contributed by atoms with Gasteiger partial charge in [0.2, 0.25) is 0 Å². The molecule has 2 fully saturated rings. The highest BCUT2D eigenvalue weighted by Gasteiger charge is 2.31. The lowest BCUT2D eigenvalue weighted by Crippen LogP contribution is -2.55. The number of hydrogen-bond donors (Lipinski definition) is 2. The Balaban J connectivity index is 1.88. The molecule has 2 saturated heterocycles. The standard InChI is InChI=1S/C12H22N4O4/c13-9(17)11-15(3-1-7-19-11)5-6-16-4-2-8-20-12(16)10(14)18/h11-12H,1-8H2,(H2,13,17)(H2,14,18). The summed E-state index contributed by atoms with van der Waals surface area (Å²) < 4.78 is 10.8. The van der Waals surface area contributed by atoms with Crippen LogP contribution < -0.4 is 11.5 Å². The Kier molecular flexibility index (Phi) is 5.30. The number of carbonyl (C=O) groups is 2. The SMILES string of the molecule is NC(=O)C1OCCCN1CCN1CCCOC1C(N)=O. The molecule has 2 amide bonds. The molecular weight excluding hydrogens is 264 g/mol. The van der Waals surface area contributed by atoms with Crippen LogP contribution in [0.4, 0.5) is 0 Å². The van der Waals surface area contributed by atoms with Gasteiger partial charge in [0.05, 0.1) is 13.2 Å². The van der Waals surface area contributed by atoms with Crippen molar-refractivity contribution in [2.24, 2.45) is 11.5 Å². The molecule has 0 spiro atoms. The van der Waals surface area contributed by atoms with Gasteiger partial charge in [-0.25, -0.2) is 0 Å². The predicted molar refractivity (Wildman–Crippen MR) is 70.2 cm³/mol. The van der Waals surface area contributed by atoms with Crippen LogP contribution in [0.3, 0.4) is 0 Å². The molecule has 0 aromatic carbocycles. The Labute approximate surface area is 117 Å². The van der Waals surface area contributed by atoms with Gasteiger partial charge in [0, 0.05) is 26.2 Å². The summed E-state index contributed by atoms with van der Waals surface area (Å²) in [7, 11) is 0. The molecule has 0 aromatic heterocycles. The molecule has 2 atom stereocenters. The van der Waals surface area contributed by atoms with Gasteiger partial charge < -0.3 is 20.9 Å². The van der Waals surface area contributed by atoms with Gasteiger partial charge in [-0.2, -0.15) is 0 Å². The lowest BCUT2D eigenvalue weighted by molar-refractivity contribution is -0.159. The number of amides is 2. The fourth-order valence-electron chi connectivity index (χ4n) is 2.61. The zero-order valence-corrected chi connectivity index (χ0v) is 11.5. The topological polar surface area (TPSA) is 111 Å². The first-order valence-corrected chi connectivity index (χ1v) is 6.89. The van der Waals surface area contributed by atoms with Gasteiger partial charge in [0.25, 0.3) is 11.8 Å². The van der Waals surface area contributed by atoms with Crippen molar-refractivity contribution < 1.29 is 19.1 Å². The molecule has 8 heteroatoms. The van der Waals surface area contributed by atoms with Gasteiger partial charge in [-0.05, 0) is 12.8 Å². The number of rotatable bonds is 5. The van der Waals surface area contributed by atoms with Crippen molar-refractivity contribution in [3.8, 4) is 0 Å². The van der Waals surface area contributed by atoms with Crippen molar-refractivity contribution in [3.05, 3.63) is 0 Å². The van der Waals surface area contributed by atoms with Gasteiger partial charge in [0.1, 0.15) is 0 Å². The molecule has 2 aliphatic rings. The first-order valence-electron chi connectivity index (χ1n) is 6.89. The molecule has 0 saturated carbocycles. The first-order chi connectivity index (χ1) is 9.59. The van der Waals surface area contributed by atoms with E-state index >= 15 is 0 Å². The molecule has 2 rings (SSSR count). The highest BCUT2D eigenvalue weighted by Crippen LogP contribution is 2.13. The number of primary amides is 2. The van der Waals surface area contributed by atoms with Gasteiger partial charge in [-0.1, -0.05) is 0 Å². The van der Waals surface area contributed by atoms with Crippen molar-refractivity contribution in [3.63, 3.8) is 0 Å². The Hall–Kier alpha value is -1.22. The Morgan fingerprint density at radius 3 is 1.65 bits per heavy atom. The predicted octanol–water partition coefficient (Wildman–Crippen LogP) is -1.95. The third-order valence-electron chi connectivity index (χ3n) is 3.56. The zero-order chi connectivity index (χ0) is 14.5. The van der Waals surface area contributed by atoms with E-state index in [2.05, 4.69) is 0 Å². The molecule has 0 aromatic rings. The Morgan fingerprint density at radius 1 is 0.900 bits per heavy atom. The van der Waals surface area contributed by atoms with Gasteiger partial charge in [-0.15, -0.1) is 0 Å². The van der Waals surface area contributed by atoms with E-state index in [0.29, 0.717) is 26.3 Å². The number of hydrogen-bond acceptors (Lipinski definition) is 6. The monoisotopic (exact) mass is 286 g/mol. The molecule has 2 heterocycles. The van der Waals surface area contributed by atoms with Crippen LogP contribution in [-0.4, -0.2) is 73.5 Å². The molecule has 0 radical (unpaired) electrons. The average molecular weight is 286 g/mol. The van der Waals surface area contributed by atoms with E-state index in [1.165, 1.54) is 0 Å². The van der Waals surface area contributed by atoms with Crippen molar-refractivity contribution >= 4 is 11.8 Å². The number of ether oxygens (including phenoxy) is 2. The minimum absolute atomic E-state index is 0.481. The maximum Gasteiger partial charge on any atom is 0.261 e. The molecule has 114 valence electrons. The quantitative estimate of drug-likeness (QED) is 0.608. The lowest BCUT2D eigenvalue weighted by atomic mass is 10.2. The average Bonchev–Trinajstić information content (AvgIpc) is 2.45. The van der Waals surface area contributed by atoms with Crippen molar-refractivity contribution in [2.45, 2.75) is 25.3 Å². The van der Waals surface area contributed by atoms with Crippen molar-refractivity contribution in [1.82, 2.24) is 9.80 Å². The summed E-state index contributed by atoms with van der Waals surface area (Å²) in [5.41, 5.74) is 10.6. The number of nitrogens with zero attached hydrogens (tertiary/aromatic N) is 2. The highest BCUT2D eigenvalue weighted by atomic mass is 16.5. The van der Waals surface area contributed by atoms with Crippen LogP contribution in [-0.2, 0) is 19.1 Å². The fraction of sp³-hybridized carbons (Fsp3) is 0.833. The minimum Gasteiger partial charge on any atom is -0.366 e. The smallest absolute Gasteiger partial charge is 0.261 e. The zero-order valence-electron chi connectivity index (χ0n) is 11.5. The Morgan fingerprint density at radius 2 is 1.30 bits per heavy atom. The molecular formula is C12H22N4O4. The van der Waals surface area contributed by atoms with Crippen LogP contribution in [0, 0.1) is 0 Å². The van der Waals surface area contributed by atoms with Gasteiger partial charge in [-0.3, -0.25) is 19.4 Å².